The van der Waals surface area contributed by atoms with Gasteiger partial charge < -0.3 is 21.7 Å². The van der Waals surface area contributed by atoms with Gasteiger partial charge in [-0.3, -0.25) is 19.2 Å². The molecule has 0 unspecified atom stereocenters. The van der Waals surface area contributed by atoms with Gasteiger partial charge in [-0.15, -0.1) is 0 Å². The second-order valence-corrected chi connectivity index (χ2v) is 4.21. The van der Waals surface area contributed by atoms with Crippen molar-refractivity contribution in [3.63, 3.8) is 0 Å². The molecule has 0 heterocycles. The van der Waals surface area contributed by atoms with Gasteiger partial charge in [-0.2, -0.15) is 12.6 Å². The molecule has 0 bridgehead atoms. The van der Waals surface area contributed by atoms with E-state index in [0.29, 0.717) is 0 Å². The van der Waals surface area contributed by atoms with Crippen LogP contribution in [0.25, 0.3) is 0 Å². The van der Waals surface area contributed by atoms with Crippen LogP contribution in [0.5, 0.6) is 0 Å². The van der Waals surface area contributed by atoms with Crippen molar-refractivity contribution in [3.05, 3.63) is 0 Å². The number of rotatable bonds is 7. The fourth-order valence-electron chi connectivity index (χ4n) is 1.07. The summed E-state index contributed by atoms with van der Waals surface area (Å²) in [5, 5.41) is 7.00. The maximum atomic E-state index is 11.6. The molecule has 0 aromatic rings. The Kier molecular flexibility index (Phi) is 7.57. The van der Waals surface area contributed by atoms with Gasteiger partial charge in [0, 0.05) is 12.7 Å². The quantitative estimate of drug-likeness (QED) is 0.332. The Labute approximate surface area is 116 Å². The number of nitrogens with two attached hydrogens (primary N) is 1. The minimum atomic E-state index is -0.898. The molecule has 0 fully saturated rings. The monoisotopic (exact) mass is 290 g/mol. The second kappa shape index (κ2) is 8.35. The zero-order valence-electron chi connectivity index (χ0n) is 10.7. The largest absolute Gasteiger partial charge is 0.368 e. The average Bonchev–Trinajstić information content (AvgIpc) is 2.32. The summed E-state index contributed by atoms with van der Waals surface area (Å²) < 4.78 is 0. The van der Waals surface area contributed by atoms with Gasteiger partial charge in [0.15, 0.2) is 0 Å². The van der Waals surface area contributed by atoms with Crippen molar-refractivity contribution < 1.29 is 19.2 Å². The number of carbonyl (C=O) groups is 4. The zero-order chi connectivity index (χ0) is 15.0. The first-order valence-corrected chi connectivity index (χ1v) is 6.15. The van der Waals surface area contributed by atoms with Crippen LogP contribution in [-0.2, 0) is 19.2 Å². The summed E-state index contributed by atoms with van der Waals surface area (Å²) in [7, 11) is 0. The Morgan fingerprint density at radius 2 is 1.79 bits per heavy atom. The maximum Gasteiger partial charge on any atom is 0.242 e. The molecule has 9 heteroatoms. The lowest BCUT2D eigenvalue weighted by Gasteiger charge is -2.18. The molecule has 0 radical (unpaired) electrons. The van der Waals surface area contributed by atoms with Crippen molar-refractivity contribution in [2.75, 3.05) is 12.3 Å². The molecule has 5 N–H and O–H groups in total. The van der Waals surface area contributed by atoms with Crippen LogP contribution >= 0.6 is 12.6 Å². The molecule has 2 atom stereocenters. The minimum Gasteiger partial charge on any atom is -0.368 e. The lowest BCUT2D eigenvalue weighted by atomic mass is 10.2. The van der Waals surface area contributed by atoms with Crippen molar-refractivity contribution in [1.82, 2.24) is 16.0 Å². The lowest BCUT2D eigenvalue weighted by molar-refractivity contribution is -0.131. The first-order chi connectivity index (χ1) is 8.77. The number of thiol groups is 1. The number of amides is 4. The highest BCUT2D eigenvalue weighted by Crippen LogP contribution is 1.90. The fourth-order valence-corrected chi connectivity index (χ4v) is 1.34. The van der Waals surface area contributed by atoms with E-state index in [1.54, 1.807) is 0 Å². The SMILES string of the molecule is CC(=O)NCC(=O)N[C@@H](C)C(=O)N[C@@H](CS)C(N)=O. The third kappa shape index (κ3) is 7.29. The van der Waals surface area contributed by atoms with Crippen LogP contribution < -0.4 is 21.7 Å². The molecule has 0 aliphatic carbocycles. The molecule has 0 rings (SSSR count). The molecular formula is C10H18N4O4S. The number of nitrogens with one attached hydrogen (secondary N) is 3. The van der Waals surface area contributed by atoms with Gasteiger partial charge >= 0.3 is 0 Å². The molecule has 0 saturated heterocycles. The summed E-state index contributed by atoms with van der Waals surface area (Å²) in [5.41, 5.74) is 5.04. The van der Waals surface area contributed by atoms with Crippen molar-refractivity contribution in [3.8, 4) is 0 Å². The van der Waals surface area contributed by atoms with E-state index in [9.17, 15) is 19.2 Å². The van der Waals surface area contributed by atoms with E-state index >= 15 is 0 Å². The Balaban J connectivity index is 4.22. The molecule has 19 heavy (non-hydrogen) atoms. The molecule has 108 valence electrons. The molecule has 4 amide bonds. The van der Waals surface area contributed by atoms with E-state index in [0.717, 1.165) is 0 Å². The van der Waals surface area contributed by atoms with E-state index in [2.05, 4.69) is 28.6 Å². The Bertz CT molecular complexity index is 375. The summed E-state index contributed by atoms with van der Waals surface area (Å²) in [5.74, 6) is -2.07. The van der Waals surface area contributed by atoms with Gasteiger partial charge in [0.2, 0.25) is 23.6 Å². The third-order valence-electron chi connectivity index (χ3n) is 2.11. The smallest absolute Gasteiger partial charge is 0.242 e. The van der Waals surface area contributed by atoms with Crippen molar-refractivity contribution >= 4 is 36.3 Å². The van der Waals surface area contributed by atoms with E-state index in [1.807, 2.05) is 0 Å². The van der Waals surface area contributed by atoms with Gasteiger partial charge in [0.25, 0.3) is 0 Å². The molecule has 0 aliphatic heterocycles. The molecule has 0 saturated carbocycles. The van der Waals surface area contributed by atoms with Crippen LogP contribution in [0.1, 0.15) is 13.8 Å². The van der Waals surface area contributed by atoms with Crippen LogP contribution in [0.2, 0.25) is 0 Å². The first kappa shape index (κ1) is 17.2. The summed E-state index contributed by atoms with van der Waals surface area (Å²) in [6.07, 6.45) is 0. The van der Waals surface area contributed by atoms with Crippen LogP contribution in [0.15, 0.2) is 0 Å². The van der Waals surface area contributed by atoms with Crippen LogP contribution in [0.4, 0.5) is 0 Å². The van der Waals surface area contributed by atoms with Crippen molar-refractivity contribution in [2.45, 2.75) is 25.9 Å². The zero-order valence-corrected chi connectivity index (χ0v) is 11.6. The van der Waals surface area contributed by atoms with Crippen LogP contribution in [0, 0.1) is 0 Å². The topological polar surface area (TPSA) is 130 Å². The number of primary amides is 1. The van der Waals surface area contributed by atoms with Gasteiger partial charge in [0.1, 0.15) is 12.1 Å². The highest BCUT2D eigenvalue weighted by molar-refractivity contribution is 7.80. The fraction of sp³-hybridized carbons (Fsp3) is 0.600. The van der Waals surface area contributed by atoms with E-state index < -0.39 is 29.8 Å². The molecule has 0 aromatic heterocycles. The molecule has 0 spiro atoms. The highest BCUT2D eigenvalue weighted by atomic mass is 32.1. The molecule has 0 aromatic carbocycles. The number of hydrogen-bond acceptors (Lipinski definition) is 5. The lowest BCUT2D eigenvalue weighted by Crippen LogP contribution is -2.53. The normalized spacial score (nSPS) is 13.0. The van der Waals surface area contributed by atoms with E-state index in [4.69, 9.17) is 5.73 Å². The van der Waals surface area contributed by atoms with Gasteiger partial charge in [-0.25, -0.2) is 0 Å². The second-order valence-electron chi connectivity index (χ2n) is 3.85. The summed E-state index contributed by atoms with van der Waals surface area (Å²) in [6, 6.07) is -1.76. The Morgan fingerprint density at radius 1 is 1.21 bits per heavy atom. The number of hydrogen-bond donors (Lipinski definition) is 5. The van der Waals surface area contributed by atoms with E-state index in [1.165, 1.54) is 13.8 Å². The van der Waals surface area contributed by atoms with Gasteiger partial charge in [-0.1, -0.05) is 0 Å². The van der Waals surface area contributed by atoms with Crippen molar-refractivity contribution in [1.29, 1.82) is 0 Å². The standard InChI is InChI=1S/C10H18N4O4S/c1-5(13-8(16)3-12-6(2)15)10(18)14-7(4-19)9(11)17/h5,7,19H,3-4H2,1-2H3,(H2,11,17)(H,12,15)(H,13,16)(H,14,18)/t5-,7-/m0/s1. The van der Waals surface area contributed by atoms with Crippen LogP contribution in [-0.4, -0.2) is 48.0 Å². The predicted octanol–water partition coefficient (Wildman–Crippen LogP) is -2.47. The Morgan fingerprint density at radius 3 is 2.21 bits per heavy atom. The summed E-state index contributed by atoms with van der Waals surface area (Å²) in [4.78, 5) is 44.5. The van der Waals surface area contributed by atoms with Gasteiger partial charge in [-0.05, 0) is 6.92 Å². The third-order valence-corrected chi connectivity index (χ3v) is 2.48. The Hall–Kier alpha value is -1.77. The molecular weight excluding hydrogens is 272 g/mol. The predicted molar refractivity (Wildman–Crippen MR) is 71.3 cm³/mol. The molecule has 0 aliphatic rings. The highest BCUT2D eigenvalue weighted by Gasteiger charge is 2.21. The first-order valence-electron chi connectivity index (χ1n) is 5.52. The summed E-state index contributed by atoms with van der Waals surface area (Å²) in [6.45, 7) is 2.49. The average molecular weight is 290 g/mol. The maximum absolute atomic E-state index is 11.6. The molecule has 8 nitrogen and oxygen atoms in total. The van der Waals surface area contributed by atoms with Gasteiger partial charge in [0.05, 0.1) is 6.54 Å². The van der Waals surface area contributed by atoms with Crippen molar-refractivity contribution in [2.24, 2.45) is 5.73 Å². The summed E-state index contributed by atoms with van der Waals surface area (Å²) >= 11 is 3.87. The van der Waals surface area contributed by atoms with E-state index in [-0.39, 0.29) is 18.2 Å². The minimum absolute atomic E-state index is 0.0631. The van der Waals surface area contributed by atoms with Crippen LogP contribution in [0.3, 0.4) is 0 Å². The number of carbonyl (C=O) groups excluding carboxylic acids is 4.